The molecular weight excluding hydrogens is 324 g/mol. The molecule has 1 N–H and O–H groups in total. The zero-order chi connectivity index (χ0) is 17.6. The van der Waals surface area contributed by atoms with Gasteiger partial charge in [0.15, 0.2) is 6.61 Å². The minimum atomic E-state index is -0.563. The highest BCUT2D eigenvalue weighted by atomic mass is 16.5. The topological polar surface area (TPSA) is 88.9 Å². The van der Waals surface area contributed by atoms with E-state index in [0.717, 1.165) is 0 Å². The first kappa shape index (κ1) is 16.8. The van der Waals surface area contributed by atoms with E-state index in [1.54, 1.807) is 41.3 Å². The summed E-state index contributed by atoms with van der Waals surface area (Å²) in [5, 5.41) is 2.63. The molecule has 1 aromatic carbocycles. The number of esters is 1. The van der Waals surface area contributed by atoms with E-state index in [0.29, 0.717) is 18.0 Å². The molecule has 1 saturated heterocycles. The molecule has 130 valence electrons. The summed E-state index contributed by atoms with van der Waals surface area (Å²) in [6, 6.07) is 12.4. The van der Waals surface area contributed by atoms with Crippen molar-refractivity contribution in [3.63, 3.8) is 0 Å². The third kappa shape index (κ3) is 4.47. The molecule has 1 aromatic heterocycles. The number of hydrogen-bond donors (Lipinski definition) is 1. The first-order chi connectivity index (χ1) is 12.1. The lowest BCUT2D eigenvalue weighted by molar-refractivity contribution is -0.151. The van der Waals surface area contributed by atoms with Crippen molar-refractivity contribution in [2.24, 2.45) is 5.92 Å². The lowest BCUT2D eigenvalue weighted by atomic mass is 10.1. The van der Waals surface area contributed by atoms with Gasteiger partial charge in [0.1, 0.15) is 5.76 Å². The number of carbonyl (C=O) groups excluding carboxylic acids is 3. The standard InChI is InChI=1S/C18H18N2O5/c21-16(19-14-5-2-1-3-6-14)12-25-18(23)13-9-17(22)20(10-13)11-15-7-4-8-24-15/h1-8,13H,9-12H2,(H,19,21)/t13-/m0/s1. The fourth-order valence-corrected chi connectivity index (χ4v) is 2.65. The largest absolute Gasteiger partial charge is 0.467 e. The number of furan rings is 1. The second-order valence-corrected chi connectivity index (χ2v) is 5.78. The van der Waals surface area contributed by atoms with Crippen molar-refractivity contribution < 1.29 is 23.5 Å². The highest BCUT2D eigenvalue weighted by molar-refractivity contribution is 5.93. The van der Waals surface area contributed by atoms with Crippen LogP contribution < -0.4 is 5.32 Å². The first-order valence-corrected chi connectivity index (χ1v) is 7.93. The number of ether oxygens (including phenoxy) is 1. The summed E-state index contributed by atoms with van der Waals surface area (Å²) in [4.78, 5) is 37.4. The van der Waals surface area contributed by atoms with Gasteiger partial charge in [-0.15, -0.1) is 0 Å². The maximum Gasteiger partial charge on any atom is 0.311 e. The normalized spacial score (nSPS) is 16.7. The van der Waals surface area contributed by atoms with Crippen molar-refractivity contribution in [2.75, 3.05) is 18.5 Å². The van der Waals surface area contributed by atoms with Crippen LogP contribution in [0.3, 0.4) is 0 Å². The van der Waals surface area contributed by atoms with Gasteiger partial charge in [-0.3, -0.25) is 14.4 Å². The van der Waals surface area contributed by atoms with E-state index in [9.17, 15) is 14.4 Å². The minimum absolute atomic E-state index is 0.0832. The lowest BCUT2D eigenvalue weighted by Crippen LogP contribution is -2.28. The van der Waals surface area contributed by atoms with Crippen LogP contribution in [0.15, 0.2) is 53.1 Å². The number of benzene rings is 1. The van der Waals surface area contributed by atoms with Crippen LogP contribution in [-0.4, -0.2) is 35.8 Å². The quantitative estimate of drug-likeness (QED) is 0.809. The average molecular weight is 342 g/mol. The first-order valence-electron chi connectivity index (χ1n) is 7.93. The number of anilines is 1. The van der Waals surface area contributed by atoms with Gasteiger partial charge in [0, 0.05) is 18.7 Å². The van der Waals surface area contributed by atoms with Gasteiger partial charge < -0.3 is 19.4 Å². The van der Waals surface area contributed by atoms with E-state index in [2.05, 4.69) is 5.32 Å². The van der Waals surface area contributed by atoms with Crippen molar-refractivity contribution in [3.8, 4) is 0 Å². The Kier molecular flexibility index (Phi) is 5.13. The Morgan fingerprint density at radius 2 is 2.00 bits per heavy atom. The van der Waals surface area contributed by atoms with Crippen LogP contribution in [0.25, 0.3) is 0 Å². The van der Waals surface area contributed by atoms with Crippen LogP contribution in [0, 0.1) is 5.92 Å². The average Bonchev–Trinajstić information content (AvgIpc) is 3.24. The van der Waals surface area contributed by atoms with Crippen molar-refractivity contribution in [1.29, 1.82) is 0 Å². The van der Waals surface area contributed by atoms with Gasteiger partial charge in [-0.2, -0.15) is 0 Å². The van der Waals surface area contributed by atoms with Crippen LogP contribution in [0.1, 0.15) is 12.2 Å². The second kappa shape index (κ2) is 7.65. The number of hydrogen-bond acceptors (Lipinski definition) is 5. The molecule has 0 radical (unpaired) electrons. The Morgan fingerprint density at radius 1 is 1.20 bits per heavy atom. The summed E-state index contributed by atoms with van der Waals surface area (Å²) in [6.07, 6.45) is 1.62. The van der Waals surface area contributed by atoms with Crippen LogP contribution in [-0.2, 0) is 25.7 Å². The van der Waals surface area contributed by atoms with Gasteiger partial charge in [-0.25, -0.2) is 0 Å². The predicted octanol–water partition coefficient (Wildman–Crippen LogP) is 1.81. The number of carbonyl (C=O) groups is 3. The van der Waals surface area contributed by atoms with Crippen molar-refractivity contribution in [3.05, 3.63) is 54.5 Å². The van der Waals surface area contributed by atoms with E-state index < -0.39 is 17.8 Å². The molecule has 0 bridgehead atoms. The number of nitrogens with one attached hydrogen (secondary N) is 1. The van der Waals surface area contributed by atoms with Crippen molar-refractivity contribution >= 4 is 23.5 Å². The third-order valence-corrected chi connectivity index (χ3v) is 3.88. The van der Waals surface area contributed by atoms with Gasteiger partial charge in [0.2, 0.25) is 5.91 Å². The van der Waals surface area contributed by atoms with E-state index in [1.807, 2.05) is 6.07 Å². The van der Waals surface area contributed by atoms with Crippen LogP contribution in [0.4, 0.5) is 5.69 Å². The molecule has 1 aliphatic heterocycles. The molecule has 2 amide bonds. The monoisotopic (exact) mass is 342 g/mol. The second-order valence-electron chi connectivity index (χ2n) is 5.78. The molecule has 3 rings (SSSR count). The van der Waals surface area contributed by atoms with Crippen LogP contribution >= 0.6 is 0 Å². The summed E-state index contributed by atoms with van der Waals surface area (Å²) >= 11 is 0. The third-order valence-electron chi connectivity index (χ3n) is 3.88. The van der Waals surface area contributed by atoms with Gasteiger partial charge >= 0.3 is 5.97 Å². The Balaban J connectivity index is 1.45. The fourth-order valence-electron chi connectivity index (χ4n) is 2.65. The summed E-state index contributed by atoms with van der Waals surface area (Å²) in [7, 11) is 0. The van der Waals surface area contributed by atoms with Gasteiger partial charge in [0.25, 0.3) is 5.91 Å². The molecule has 7 nitrogen and oxygen atoms in total. The Bertz CT molecular complexity index is 742. The SMILES string of the molecule is O=C(COC(=O)[C@H]1CC(=O)N(Cc2ccco2)C1)Nc1ccccc1. The maximum atomic E-state index is 12.1. The van der Waals surface area contributed by atoms with Crippen molar-refractivity contribution in [1.82, 2.24) is 4.90 Å². The zero-order valence-corrected chi connectivity index (χ0v) is 13.5. The number of para-hydroxylation sites is 1. The molecule has 1 atom stereocenters. The van der Waals surface area contributed by atoms with Gasteiger partial charge in [-0.1, -0.05) is 18.2 Å². The summed E-state index contributed by atoms with van der Waals surface area (Å²) in [5.41, 5.74) is 0.629. The Labute approximate surface area is 144 Å². The molecule has 0 saturated carbocycles. The number of nitrogens with zero attached hydrogens (tertiary/aromatic N) is 1. The Hall–Kier alpha value is -3.09. The van der Waals surface area contributed by atoms with E-state index in [1.165, 1.54) is 6.26 Å². The molecule has 0 spiro atoms. The molecule has 0 aliphatic carbocycles. The summed E-state index contributed by atoms with van der Waals surface area (Å²) in [6.45, 7) is 0.208. The minimum Gasteiger partial charge on any atom is -0.467 e. The molecule has 1 fully saturated rings. The van der Waals surface area contributed by atoms with Crippen molar-refractivity contribution in [2.45, 2.75) is 13.0 Å². The lowest BCUT2D eigenvalue weighted by Gasteiger charge is -2.14. The van der Waals surface area contributed by atoms with Crippen LogP contribution in [0.2, 0.25) is 0 Å². The number of rotatable bonds is 6. The highest BCUT2D eigenvalue weighted by Gasteiger charge is 2.35. The smallest absolute Gasteiger partial charge is 0.311 e. The van der Waals surface area contributed by atoms with E-state index >= 15 is 0 Å². The molecule has 7 heteroatoms. The fraction of sp³-hybridized carbons (Fsp3) is 0.278. The summed E-state index contributed by atoms with van der Waals surface area (Å²) in [5.74, 6) is -1.00. The number of likely N-dealkylation sites (tertiary alicyclic amines) is 1. The molecular formula is C18H18N2O5. The molecule has 2 aromatic rings. The summed E-state index contributed by atoms with van der Waals surface area (Å²) < 4.78 is 10.3. The zero-order valence-electron chi connectivity index (χ0n) is 13.5. The Morgan fingerprint density at radius 3 is 2.72 bits per heavy atom. The molecule has 2 heterocycles. The predicted molar refractivity (Wildman–Crippen MR) is 88.3 cm³/mol. The molecule has 1 aliphatic rings. The van der Waals surface area contributed by atoms with Gasteiger partial charge in [0.05, 0.1) is 18.7 Å². The highest BCUT2D eigenvalue weighted by Crippen LogP contribution is 2.21. The maximum absolute atomic E-state index is 12.1. The van der Waals surface area contributed by atoms with E-state index in [4.69, 9.17) is 9.15 Å². The molecule has 0 unspecified atom stereocenters. The molecule has 25 heavy (non-hydrogen) atoms. The van der Waals surface area contributed by atoms with E-state index in [-0.39, 0.29) is 25.5 Å². The number of amides is 2. The van der Waals surface area contributed by atoms with Gasteiger partial charge in [-0.05, 0) is 24.3 Å². The van der Waals surface area contributed by atoms with Crippen LogP contribution in [0.5, 0.6) is 0 Å².